The zero-order chi connectivity index (χ0) is 20.3. The van der Waals surface area contributed by atoms with Gasteiger partial charge in [0.2, 0.25) is 5.91 Å². The number of aromatic carboxylic acids is 1. The van der Waals surface area contributed by atoms with Crippen LogP contribution in [-0.4, -0.2) is 55.7 Å². The fourth-order valence-corrected chi connectivity index (χ4v) is 1.25. The largest absolute Gasteiger partial charge is 0.478 e. The Labute approximate surface area is 164 Å². The minimum Gasteiger partial charge on any atom is -0.478 e. The predicted octanol–water partition coefficient (Wildman–Crippen LogP) is 2.70. The number of carboxylic acids is 1. The first-order valence-electron chi connectivity index (χ1n) is 7.87. The number of nitrogens with two attached hydrogens (primary N) is 2. The number of nitrogens with zero attached hydrogens (tertiary/aromatic N) is 1. The number of primary amides is 1. The molecule has 0 radical (unpaired) electrons. The number of carbonyl (C=O) groups is 2. The van der Waals surface area contributed by atoms with Crippen LogP contribution in [-0.2, 0) is 4.79 Å². The molecule has 1 amide bonds. The van der Waals surface area contributed by atoms with Gasteiger partial charge in [0.15, 0.2) is 0 Å². The number of benzene rings is 1. The van der Waals surface area contributed by atoms with E-state index in [0.29, 0.717) is 12.1 Å². The minimum absolute atomic E-state index is 0. The van der Waals surface area contributed by atoms with Gasteiger partial charge in [0.05, 0.1) is 33.3 Å². The monoisotopic (exact) mass is 388 g/mol. The first-order chi connectivity index (χ1) is 11.5. The summed E-state index contributed by atoms with van der Waals surface area (Å²) < 4.78 is 1.09. The summed E-state index contributed by atoms with van der Waals surface area (Å²) in [6.07, 6.45) is 3.99. The molecule has 0 saturated carbocycles. The van der Waals surface area contributed by atoms with Crippen LogP contribution < -0.4 is 11.5 Å². The molecule has 26 heavy (non-hydrogen) atoms. The normalized spacial score (nSPS) is 8.50. The van der Waals surface area contributed by atoms with Crippen LogP contribution in [0.4, 0.5) is 0 Å². The van der Waals surface area contributed by atoms with Crippen molar-refractivity contribution in [2.24, 2.45) is 11.5 Å². The molecule has 1 aromatic carbocycles. The van der Waals surface area contributed by atoms with E-state index in [0.717, 1.165) is 10.6 Å². The molecule has 0 unspecified atom stereocenters. The second-order valence-electron chi connectivity index (χ2n) is 5.82. The number of halogens is 1. The lowest BCUT2D eigenvalue weighted by molar-refractivity contribution is -0.870. The molecule has 0 aliphatic rings. The Kier molecular flexibility index (Phi) is 25.4. The maximum absolute atomic E-state index is 10.2. The van der Waals surface area contributed by atoms with Crippen molar-refractivity contribution >= 4 is 24.3 Å². The van der Waals surface area contributed by atoms with Gasteiger partial charge in [-0.15, -0.1) is 19.0 Å². The van der Waals surface area contributed by atoms with E-state index in [4.69, 9.17) is 10.8 Å². The van der Waals surface area contributed by atoms with Crippen LogP contribution in [0.1, 0.15) is 23.7 Å². The number of rotatable bonds is 5. The molecule has 0 aliphatic carbocycles. The second-order valence-corrected chi connectivity index (χ2v) is 5.82. The van der Waals surface area contributed by atoms with Crippen molar-refractivity contribution in [2.45, 2.75) is 13.3 Å². The third kappa shape index (κ3) is 33.5. The van der Waals surface area contributed by atoms with E-state index in [9.17, 15) is 9.59 Å². The second kappa shape index (κ2) is 20.9. The molecule has 0 spiro atoms. The van der Waals surface area contributed by atoms with Gasteiger partial charge in [-0.1, -0.05) is 37.8 Å². The Bertz CT molecular complexity index is 487. The highest BCUT2D eigenvalue weighted by Gasteiger charge is 2.01. The van der Waals surface area contributed by atoms with Crippen molar-refractivity contribution in [3.63, 3.8) is 0 Å². The summed E-state index contributed by atoms with van der Waals surface area (Å²) in [5.74, 6) is -1.36. The number of carbonyl (C=O) groups excluding carboxylic acids is 1. The van der Waals surface area contributed by atoms with E-state index < -0.39 is 11.9 Å². The van der Waals surface area contributed by atoms with Gasteiger partial charge < -0.3 is 21.1 Å². The summed E-state index contributed by atoms with van der Waals surface area (Å²) in [4.78, 5) is 19.7. The lowest BCUT2D eigenvalue weighted by atomic mass is 10.2. The molecule has 0 saturated heterocycles. The van der Waals surface area contributed by atoms with Crippen molar-refractivity contribution in [1.82, 2.24) is 0 Å². The fraction of sp³-hybridized carbons (Fsp3) is 0.368. The van der Waals surface area contributed by atoms with Gasteiger partial charge in [-0.2, -0.15) is 0 Å². The number of carboxylic acid groups (broad SMARTS) is 1. The molecule has 7 heteroatoms. The van der Waals surface area contributed by atoms with Crippen LogP contribution in [0, 0.1) is 0 Å². The van der Waals surface area contributed by atoms with Crippen LogP contribution >= 0.6 is 12.4 Å². The summed E-state index contributed by atoms with van der Waals surface area (Å²) in [5.41, 5.74) is 9.78. The Morgan fingerprint density at radius 2 is 1.54 bits per heavy atom. The maximum atomic E-state index is 10.2. The summed E-state index contributed by atoms with van der Waals surface area (Å²) in [5, 5.41) is 8.38. The number of quaternary nitrogens is 1. The lowest BCUT2D eigenvalue weighted by Crippen LogP contribution is -2.34. The molecule has 0 bridgehead atoms. The van der Waals surface area contributed by atoms with E-state index in [-0.39, 0.29) is 12.4 Å². The molecule has 0 atom stereocenters. The third-order valence-electron chi connectivity index (χ3n) is 2.28. The van der Waals surface area contributed by atoms with Crippen molar-refractivity contribution in [2.75, 3.05) is 34.2 Å². The number of hydrogen-bond acceptors (Lipinski definition) is 3. The highest BCUT2D eigenvalue weighted by Crippen LogP contribution is 1.96. The first kappa shape index (κ1) is 31.6. The molecule has 0 aliphatic heterocycles. The average molecular weight is 389 g/mol. The molecule has 1 aromatic rings. The summed E-state index contributed by atoms with van der Waals surface area (Å²) in [6, 6.07) is 8.30. The van der Waals surface area contributed by atoms with Gasteiger partial charge >= 0.3 is 5.97 Å². The quantitative estimate of drug-likeness (QED) is 0.409. The summed E-state index contributed by atoms with van der Waals surface area (Å²) in [7, 11) is 6.64. The van der Waals surface area contributed by atoms with Crippen LogP contribution in [0.5, 0.6) is 0 Å². The van der Waals surface area contributed by atoms with Crippen molar-refractivity contribution in [3.8, 4) is 0 Å². The van der Waals surface area contributed by atoms with E-state index in [1.165, 1.54) is 13.0 Å². The SMILES string of the molecule is C=CC(N)=O.C=CCN.CCC[N+](C)(C)C.Cl.O=C(O)c1ccccc1. The third-order valence-corrected chi connectivity index (χ3v) is 2.28. The number of hydrogen-bond donors (Lipinski definition) is 3. The van der Waals surface area contributed by atoms with Crippen LogP contribution in [0.25, 0.3) is 0 Å². The van der Waals surface area contributed by atoms with Crippen molar-refractivity contribution in [1.29, 1.82) is 0 Å². The Hall–Kier alpha value is -2.15. The van der Waals surface area contributed by atoms with Gasteiger partial charge in [0.1, 0.15) is 0 Å². The molecule has 150 valence electrons. The molecule has 0 heterocycles. The highest BCUT2D eigenvalue weighted by molar-refractivity contribution is 5.87. The Morgan fingerprint density at radius 3 is 1.65 bits per heavy atom. The van der Waals surface area contributed by atoms with E-state index in [1.54, 1.807) is 36.4 Å². The minimum atomic E-state index is -0.879. The Morgan fingerprint density at radius 1 is 1.15 bits per heavy atom. The van der Waals surface area contributed by atoms with Gasteiger partial charge in [0.25, 0.3) is 0 Å². The zero-order valence-corrected chi connectivity index (χ0v) is 17.2. The summed E-state index contributed by atoms with van der Waals surface area (Å²) >= 11 is 0. The molecule has 0 aromatic heterocycles. The standard InChI is InChI=1S/C7H6O2.C6H16N.C3H5NO.C3H7N.ClH/c8-7(9)6-4-2-1-3-5-6;1-5-6-7(2,3)4;1-2-3(4)5;1-2-3-4;/h1-5H,(H,8,9);5-6H2,1-4H3;2H,1H2,(H2,4,5);2H,1,3-4H2;1H/q;+1;;;. The highest BCUT2D eigenvalue weighted by atomic mass is 35.5. The van der Waals surface area contributed by atoms with E-state index in [1.807, 2.05) is 0 Å². The van der Waals surface area contributed by atoms with Crippen LogP contribution in [0.15, 0.2) is 55.6 Å². The zero-order valence-electron chi connectivity index (χ0n) is 16.4. The molecule has 6 nitrogen and oxygen atoms in total. The maximum Gasteiger partial charge on any atom is 0.335 e. The lowest BCUT2D eigenvalue weighted by Gasteiger charge is -2.22. The van der Waals surface area contributed by atoms with Crippen LogP contribution in [0.2, 0.25) is 0 Å². The molecular formula is C19H35ClN3O3+. The molecular weight excluding hydrogens is 354 g/mol. The topological polar surface area (TPSA) is 106 Å². The van der Waals surface area contributed by atoms with Crippen molar-refractivity contribution < 1.29 is 19.2 Å². The molecule has 0 fully saturated rings. The average Bonchev–Trinajstić information content (AvgIpc) is 2.56. The van der Waals surface area contributed by atoms with Crippen molar-refractivity contribution in [3.05, 3.63) is 61.2 Å². The van der Waals surface area contributed by atoms with Gasteiger partial charge in [-0.3, -0.25) is 4.79 Å². The predicted molar refractivity (Wildman–Crippen MR) is 112 cm³/mol. The molecule has 5 N–H and O–H groups in total. The molecule has 1 rings (SSSR count). The Balaban J connectivity index is -0.000000129. The fourth-order valence-electron chi connectivity index (χ4n) is 1.25. The number of amides is 1. The van der Waals surface area contributed by atoms with Gasteiger partial charge in [-0.25, -0.2) is 4.79 Å². The van der Waals surface area contributed by atoms with Gasteiger partial charge in [-0.05, 0) is 24.6 Å². The van der Waals surface area contributed by atoms with Gasteiger partial charge in [0, 0.05) is 6.54 Å². The first-order valence-corrected chi connectivity index (χ1v) is 7.87. The van der Waals surface area contributed by atoms with E-state index >= 15 is 0 Å². The van der Waals surface area contributed by atoms with E-state index in [2.05, 4.69) is 47.0 Å². The van der Waals surface area contributed by atoms with Crippen LogP contribution in [0.3, 0.4) is 0 Å². The smallest absolute Gasteiger partial charge is 0.335 e. The summed E-state index contributed by atoms with van der Waals surface area (Å²) in [6.45, 7) is 10.5.